The summed E-state index contributed by atoms with van der Waals surface area (Å²) in [4.78, 5) is 20.2. The van der Waals surface area contributed by atoms with Crippen LogP contribution in [0.15, 0.2) is 88.9 Å². The minimum atomic E-state index is -0.255. The first-order chi connectivity index (χ1) is 13.8. The maximum atomic E-state index is 12.6. The molecule has 1 amide bonds. The zero-order valence-corrected chi connectivity index (χ0v) is 16.3. The molecule has 142 valence electrons. The monoisotopic (exact) mass is 390 g/mol. The molecule has 0 bridgehead atoms. The van der Waals surface area contributed by atoms with Crippen LogP contribution in [0.2, 0.25) is 0 Å². The number of nitrogens with zero attached hydrogens (tertiary/aromatic N) is 2. The number of hydrogen-bond acceptors (Lipinski definition) is 4. The molecule has 1 saturated heterocycles. The molecule has 28 heavy (non-hydrogen) atoms. The molecule has 1 aliphatic rings. The highest BCUT2D eigenvalue weighted by atomic mass is 32.2. The Morgan fingerprint density at radius 3 is 2.50 bits per heavy atom. The lowest BCUT2D eigenvalue weighted by Gasteiger charge is -2.24. The molecule has 3 aromatic rings. The Kier molecular flexibility index (Phi) is 5.92. The number of benzene rings is 2. The van der Waals surface area contributed by atoms with Gasteiger partial charge in [0.1, 0.15) is 11.6 Å². The van der Waals surface area contributed by atoms with Gasteiger partial charge in [-0.1, -0.05) is 66.4 Å². The molecule has 2 heterocycles. The van der Waals surface area contributed by atoms with E-state index in [9.17, 15) is 4.79 Å². The van der Waals surface area contributed by atoms with E-state index in [2.05, 4.69) is 23.2 Å². The van der Waals surface area contributed by atoms with Gasteiger partial charge in [-0.2, -0.15) is 0 Å². The maximum absolute atomic E-state index is 12.6. The Bertz CT molecular complexity index is 901. The Morgan fingerprint density at radius 1 is 1.04 bits per heavy atom. The van der Waals surface area contributed by atoms with E-state index in [0.29, 0.717) is 6.61 Å². The van der Waals surface area contributed by atoms with Crippen molar-refractivity contribution in [3.8, 4) is 0 Å². The van der Waals surface area contributed by atoms with Crippen molar-refractivity contribution in [3.05, 3.63) is 90.1 Å². The van der Waals surface area contributed by atoms with Crippen molar-refractivity contribution < 1.29 is 9.53 Å². The summed E-state index contributed by atoms with van der Waals surface area (Å²) in [6, 6.07) is 24.1. The first-order valence-electron chi connectivity index (χ1n) is 9.46. The number of rotatable bonds is 5. The minimum Gasteiger partial charge on any atom is -0.445 e. The van der Waals surface area contributed by atoms with Crippen molar-refractivity contribution >= 4 is 17.9 Å². The lowest BCUT2D eigenvalue weighted by Crippen LogP contribution is -2.31. The smallest absolute Gasteiger partial charge is 0.410 e. The van der Waals surface area contributed by atoms with Crippen molar-refractivity contribution in [2.75, 3.05) is 6.54 Å². The fourth-order valence-corrected chi connectivity index (χ4v) is 4.17. The number of pyridine rings is 1. The van der Waals surface area contributed by atoms with Crippen LogP contribution in [-0.2, 0) is 11.3 Å². The molecule has 5 heteroatoms. The molecule has 1 aliphatic heterocycles. The summed E-state index contributed by atoms with van der Waals surface area (Å²) in [5.41, 5.74) is 2.06. The normalized spacial score (nSPS) is 16.1. The van der Waals surface area contributed by atoms with Crippen LogP contribution < -0.4 is 0 Å². The van der Waals surface area contributed by atoms with E-state index in [1.165, 1.54) is 0 Å². The topological polar surface area (TPSA) is 42.4 Å². The number of carbonyl (C=O) groups is 1. The van der Waals surface area contributed by atoms with E-state index in [0.717, 1.165) is 40.4 Å². The van der Waals surface area contributed by atoms with Gasteiger partial charge in [-0.15, -0.1) is 0 Å². The largest absolute Gasteiger partial charge is 0.445 e. The van der Waals surface area contributed by atoms with Gasteiger partial charge in [0.2, 0.25) is 0 Å². The van der Waals surface area contributed by atoms with Gasteiger partial charge in [0, 0.05) is 17.6 Å². The van der Waals surface area contributed by atoms with Crippen LogP contribution in [0.3, 0.4) is 0 Å². The summed E-state index contributed by atoms with van der Waals surface area (Å²) < 4.78 is 5.53. The standard InChI is InChI=1S/C23H22N2O2S/c26-23(27-17-18-8-3-1-4-9-18)25-15-7-12-21(25)19-13-14-22(24-16-19)28-20-10-5-2-6-11-20/h1-6,8-11,13-14,16,21H,7,12,15,17H2/t21-/m1/s1. The zero-order chi connectivity index (χ0) is 19.2. The SMILES string of the molecule is O=C(OCc1ccccc1)N1CCC[C@@H]1c1ccc(Sc2ccccc2)nc1. The summed E-state index contributed by atoms with van der Waals surface area (Å²) in [5.74, 6) is 0. The van der Waals surface area contributed by atoms with E-state index < -0.39 is 0 Å². The second kappa shape index (κ2) is 8.93. The zero-order valence-electron chi connectivity index (χ0n) is 15.5. The van der Waals surface area contributed by atoms with Crippen molar-refractivity contribution in [3.63, 3.8) is 0 Å². The van der Waals surface area contributed by atoms with Crippen molar-refractivity contribution in [2.24, 2.45) is 0 Å². The first-order valence-corrected chi connectivity index (χ1v) is 10.3. The first kappa shape index (κ1) is 18.6. The lowest BCUT2D eigenvalue weighted by atomic mass is 10.1. The van der Waals surface area contributed by atoms with Crippen LogP contribution >= 0.6 is 11.8 Å². The molecule has 2 aromatic carbocycles. The van der Waals surface area contributed by atoms with Gasteiger partial charge in [-0.3, -0.25) is 0 Å². The molecule has 0 saturated carbocycles. The van der Waals surface area contributed by atoms with Crippen LogP contribution in [0.25, 0.3) is 0 Å². The lowest BCUT2D eigenvalue weighted by molar-refractivity contribution is 0.0920. The van der Waals surface area contributed by atoms with Crippen LogP contribution in [-0.4, -0.2) is 22.5 Å². The molecule has 0 spiro atoms. The van der Waals surface area contributed by atoms with Crippen LogP contribution in [0.4, 0.5) is 4.79 Å². The average Bonchev–Trinajstić information content (AvgIpc) is 3.24. The van der Waals surface area contributed by atoms with E-state index in [-0.39, 0.29) is 12.1 Å². The van der Waals surface area contributed by atoms with Crippen LogP contribution in [0.1, 0.15) is 30.0 Å². The number of amides is 1. The predicted octanol–water partition coefficient (Wildman–Crippen LogP) is 5.71. The van der Waals surface area contributed by atoms with Gasteiger partial charge in [0.25, 0.3) is 0 Å². The molecule has 1 fully saturated rings. The summed E-state index contributed by atoms with van der Waals surface area (Å²) in [6.45, 7) is 1.02. The third kappa shape index (κ3) is 4.54. The van der Waals surface area contributed by atoms with Crippen molar-refractivity contribution in [1.29, 1.82) is 0 Å². The second-order valence-electron chi connectivity index (χ2n) is 6.74. The molecule has 1 aromatic heterocycles. The highest BCUT2D eigenvalue weighted by Crippen LogP contribution is 2.33. The summed E-state index contributed by atoms with van der Waals surface area (Å²) in [7, 11) is 0. The molecule has 0 radical (unpaired) electrons. The number of aromatic nitrogens is 1. The number of carbonyl (C=O) groups excluding carboxylic acids is 1. The van der Waals surface area contributed by atoms with Crippen LogP contribution in [0, 0.1) is 0 Å². The molecule has 4 nitrogen and oxygen atoms in total. The molecule has 0 aliphatic carbocycles. The molecular formula is C23H22N2O2S. The number of ether oxygens (including phenoxy) is 1. The van der Waals surface area contributed by atoms with Gasteiger partial charge in [0.05, 0.1) is 6.04 Å². The molecule has 0 N–H and O–H groups in total. The van der Waals surface area contributed by atoms with E-state index in [1.54, 1.807) is 11.8 Å². The number of likely N-dealkylation sites (tertiary alicyclic amines) is 1. The van der Waals surface area contributed by atoms with Gasteiger partial charge >= 0.3 is 6.09 Å². The van der Waals surface area contributed by atoms with Crippen LogP contribution in [0.5, 0.6) is 0 Å². The van der Waals surface area contributed by atoms with E-state index in [4.69, 9.17) is 4.74 Å². The Morgan fingerprint density at radius 2 is 1.79 bits per heavy atom. The summed E-state index contributed by atoms with van der Waals surface area (Å²) in [5, 5.41) is 0.950. The van der Waals surface area contributed by atoms with Gasteiger partial charge in [-0.05, 0) is 42.2 Å². The molecule has 4 rings (SSSR count). The van der Waals surface area contributed by atoms with E-state index in [1.807, 2.05) is 65.7 Å². The highest BCUT2D eigenvalue weighted by Gasteiger charge is 2.31. The van der Waals surface area contributed by atoms with E-state index >= 15 is 0 Å². The Balaban J connectivity index is 1.39. The summed E-state index contributed by atoms with van der Waals surface area (Å²) >= 11 is 1.64. The fraction of sp³-hybridized carbons (Fsp3) is 0.217. The van der Waals surface area contributed by atoms with Gasteiger partial charge < -0.3 is 9.64 Å². The Hall–Kier alpha value is -2.79. The highest BCUT2D eigenvalue weighted by molar-refractivity contribution is 7.99. The Labute approximate surface area is 169 Å². The third-order valence-corrected chi connectivity index (χ3v) is 5.76. The fourth-order valence-electron chi connectivity index (χ4n) is 3.39. The predicted molar refractivity (Wildman–Crippen MR) is 110 cm³/mol. The van der Waals surface area contributed by atoms with Gasteiger partial charge in [-0.25, -0.2) is 9.78 Å². The molecule has 1 atom stereocenters. The van der Waals surface area contributed by atoms with Crippen molar-refractivity contribution in [1.82, 2.24) is 9.88 Å². The third-order valence-electron chi connectivity index (χ3n) is 4.80. The molecule has 0 unspecified atom stereocenters. The summed E-state index contributed by atoms with van der Waals surface area (Å²) in [6.07, 6.45) is 3.55. The minimum absolute atomic E-state index is 0.0338. The van der Waals surface area contributed by atoms with Crippen molar-refractivity contribution in [2.45, 2.75) is 35.4 Å². The number of hydrogen-bond donors (Lipinski definition) is 0. The quantitative estimate of drug-likeness (QED) is 0.560. The molecular weight excluding hydrogens is 368 g/mol. The van der Waals surface area contributed by atoms with Gasteiger partial charge in [0.15, 0.2) is 0 Å². The second-order valence-corrected chi connectivity index (χ2v) is 7.83. The average molecular weight is 391 g/mol. The maximum Gasteiger partial charge on any atom is 0.410 e.